The molecule has 0 spiro atoms. The third kappa shape index (κ3) is 10.4. The van der Waals surface area contributed by atoms with Crippen LogP contribution in [-0.4, -0.2) is 42.9 Å². The minimum Gasteiger partial charge on any atom is -0.394 e. The summed E-state index contributed by atoms with van der Waals surface area (Å²) in [5.74, 6) is 0. The van der Waals surface area contributed by atoms with Gasteiger partial charge in [0.2, 0.25) is 0 Å². The van der Waals surface area contributed by atoms with Crippen molar-refractivity contribution >= 4 is 0 Å². The van der Waals surface area contributed by atoms with E-state index in [1.54, 1.807) is 0 Å². The van der Waals surface area contributed by atoms with Gasteiger partial charge in [0.15, 0.2) is 0 Å². The number of unbranched alkanes of at least 4 members (excludes halogenated alkanes) is 5. The first-order valence-corrected chi connectivity index (χ1v) is 6.26. The van der Waals surface area contributed by atoms with Crippen LogP contribution in [-0.2, 0) is 9.47 Å². The fourth-order valence-corrected chi connectivity index (χ4v) is 1.35. The van der Waals surface area contributed by atoms with E-state index in [0.717, 1.165) is 6.42 Å². The van der Waals surface area contributed by atoms with Crippen molar-refractivity contribution in [1.29, 1.82) is 0 Å². The fourth-order valence-electron chi connectivity index (χ4n) is 1.35. The molecule has 0 amide bonds. The molecule has 0 heterocycles. The van der Waals surface area contributed by atoms with E-state index < -0.39 is 6.10 Å². The van der Waals surface area contributed by atoms with Crippen molar-refractivity contribution in [1.82, 2.24) is 0 Å². The summed E-state index contributed by atoms with van der Waals surface area (Å²) in [6, 6.07) is 0. The van der Waals surface area contributed by atoms with Gasteiger partial charge in [-0.3, -0.25) is 0 Å². The van der Waals surface area contributed by atoms with Crippen LogP contribution in [0.3, 0.4) is 0 Å². The van der Waals surface area contributed by atoms with Crippen molar-refractivity contribution in [2.45, 2.75) is 51.6 Å². The molecule has 0 atom stereocenters. The highest BCUT2D eigenvalue weighted by molar-refractivity contribution is 4.49. The van der Waals surface area contributed by atoms with E-state index in [1.165, 1.54) is 32.1 Å². The smallest absolute Gasteiger partial charge is 0.147 e. The normalized spacial score (nSPS) is 11.2. The van der Waals surface area contributed by atoms with E-state index in [0.29, 0.717) is 6.61 Å². The van der Waals surface area contributed by atoms with Gasteiger partial charge in [-0.25, -0.2) is 0 Å². The van der Waals surface area contributed by atoms with Crippen LogP contribution in [0.2, 0.25) is 0 Å². The van der Waals surface area contributed by atoms with Gasteiger partial charge >= 0.3 is 0 Å². The molecule has 16 heavy (non-hydrogen) atoms. The number of aliphatic hydroxyl groups excluding tert-OH is 2. The quantitative estimate of drug-likeness (QED) is 0.398. The Morgan fingerprint density at radius 2 is 1.56 bits per heavy atom. The Kier molecular flexibility index (Phi) is 12.8. The molecular weight excluding hydrogens is 208 g/mol. The first kappa shape index (κ1) is 15.8. The molecule has 0 aromatic carbocycles. The average molecular weight is 234 g/mol. The third-order valence-electron chi connectivity index (χ3n) is 2.44. The monoisotopic (exact) mass is 234 g/mol. The lowest BCUT2D eigenvalue weighted by molar-refractivity contribution is -0.115. The van der Waals surface area contributed by atoms with E-state index in [2.05, 4.69) is 6.92 Å². The Bertz CT molecular complexity index is 126. The van der Waals surface area contributed by atoms with Crippen LogP contribution in [0.5, 0.6) is 0 Å². The second-order valence-corrected chi connectivity index (χ2v) is 3.95. The van der Waals surface area contributed by atoms with Gasteiger partial charge in [-0.2, -0.15) is 0 Å². The molecule has 4 nitrogen and oxygen atoms in total. The van der Waals surface area contributed by atoms with Gasteiger partial charge < -0.3 is 19.7 Å². The van der Waals surface area contributed by atoms with Gasteiger partial charge in [0.25, 0.3) is 0 Å². The van der Waals surface area contributed by atoms with Crippen LogP contribution < -0.4 is 0 Å². The summed E-state index contributed by atoms with van der Waals surface area (Å²) in [6.07, 6.45) is 6.91. The van der Waals surface area contributed by atoms with Crippen LogP contribution in [0.4, 0.5) is 0 Å². The van der Waals surface area contributed by atoms with E-state index in [1.807, 2.05) is 0 Å². The Hall–Kier alpha value is -0.160. The van der Waals surface area contributed by atoms with Gasteiger partial charge in [-0.1, -0.05) is 39.0 Å². The maximum absolute atomic E-state index is 8.71. The van der Waals surface area contributed by atoms with Crippen LogP contribution in [0.1, 0.15) is 45.4 Å². The van der Waals surface area contributed by atoms with Crippen LogP contribution in [0, 0.1) is 0 Å². The van der Waals surface area contributed by atoms with Crippen LogP contribution >= 0.6 is 0 Å². The highest BCUT2D eigenvalue weighted by Crippen LogP contribution is 2.04. The molecular formula is C12H26O4. The summed E-state index contributed by atoms with van der Waals surface area (Å²) in [4.78, 5) is 0. The minimum atomic E-state index is -0.510. The standard InChI is InChI=1S/C12H26O4/c1-2-3-4-5-6-7-8-15-11-16-12(9-13)10-14/h12-14H,2-11H2,1H3. The minimum absolute atomic E-state index is 0.154. The molecule has 0 aliphatic rings. The molecule has 0 fully saturated rings. The number of hydrogen-bond donors (Lipinski definition) is 2. The summed E-state index contributed by atoms with van der Waals surface area (Å²) in [5.41, 5.74) is 0. The van der Waals surface area contributed by atoms with Crippen molar-refractivity contribution in [3.8, 4) is 0 Å². The average Bonchev–Trinajstić information content (AvgIpc) is 2.32. The van der Waals surface area contributed by atoms with Crippen molar-refractivity contribution in [3.63, 3.8) is 0 Å². The van der Waals surface area contributed by atoms with E-state index >= 15 is 0 Å². The first-order valence-electron chi connectivity index (χ1n) is 6.26. The largest absolute Gasteiger partial charge is 0.394 e. The van der Waals surface area contributed by atoms with Gasteiger partial charge in [-0.15, -0.1) is 0 Å². The topological polar surface area (TPSA) is 58.9 Å². The Morgan fingerprint density at radius 3 is 2.19 bits per heavy atom. The molecule has 98 valence electrons. The molecule has 0 aromatic rings. The third-order valence-corrected chi connectivity index (χ3v) is 2.44. The Labute approximate surface area is 98.6 Å². The molecule has 0 saturated carbocycles. The van der Waals surface area contributed by atoms with Crippen molar-refractivity contribution in [2.24, 2.45) is 0 Å². The molecule has 4 heteroatoms. The van der Waals surface area contributed by atoms with Gasteiger partial charge in [-0.05, 0) is 6.42 Å². The molecule has 0 bridgehead atoms. The number of ether oxygens (including phenoxy) is 2. The summed E-state index contributed by atoms with van der Waals surface area (Å²) < 4.78 is 10.3. The van der Waals surface area contributed by atoms with Crippen molar-refractivity contribution in [2.75, 3.05) is 26.6 Å². The Morgan fingerprint density at radius 1 is 0.938 bits per heavy atom. The summed E-state index contributed by atoms with van der Waals surface area (Å²) in [6.45, 7) is 2.71. The summed E-state index contributed by atoms with van der Waals surface area (Å²) >= 11 is 0. The van der Waals surface area contributed by atoms with Gasteiger partial charge in [0, 0.05) is 6.61 Å². The van der Waals surface area contributed by atoms with Crippen molar-refractivity contribution in [3.05, 3.63) is 0 Å². The molecule has 0 aliphatic heterocycles. The molecule has 0 rings (SSSR count). The van der Waals surface area contributed by atoms with Gasteiger partial charge in [0.1, 0.15) is 12.9 Å². The zero-order valence-electron chi connectivity index (χ0n) is 10.4. The fraction of sp³-hybridized carbons (Fsp3) is 1.00. The lowest BCUT2D eigenvalue weighted by atomic mass is 10.1. The maximum Gasteiger partial charge on any atom is 0.147 e. The van der Waals surface area contributed by atoms with E-state index in [-0.39, 0.29) is 20.0 Å². The Balaban J connectivity index is 3.03. The van der Waals surface area contributed by atoms with E-state index in [4.69, 9.17) is 19.7 Å². The number of rotatable bonds is 12. The molecule has 0 aliphatic carbocycles. The first-order chi connectivity index (χ1) is 7.85. The van der Waals surface area contributed by atoms with E-state index in [9.17, 15) is 0 Å². The summed E-state index contributed by atoms with van der Waals surface area (Å²) in [7, 11) is 0. The molecule has 0 unspecified atom stereocenters. The number of hydrogen-bond acceptors (Lipinski definition) is 4. The molecule has 0 aromatic heterocycles. The van der Waals surface area contributed by atoms with Crippen molar-refractivity contribution < 1.29 is 19.7 Å². The zero-order valence-corrected chi connectivity index (χ0v) is 10.4. The second-order valence-electron chi connectivity index (χ2n) is 3.95. The van der Waals surface area contributed by atoms with Crippen LogP contribution in [0.15, 0.2) is 0 Å². The van der Waals surface area contributed by atoms with Crippen LogP contribution in [0.25, 0.3) is 0 Å². The SMILES string of the molecule is CCCCCCCCOCOC(CO)CO. The van der Waals surface area contributed by atoms with Gasteiger partial charge in [0.05, 0.1) is 13.2 Å². The lowest BCUT2D eigenvalue weighted by Gasteiger charge is -2.12. The predicted octanol–water partition coefficient (Wildman–Crippen LogP) is 1.69. The zero-order chi connectivity index (χ0) is 12.1. The molecule has 0 radical (unpaired) electrons. The lowest BCUT2D eigenvalue weighted by Crippen LogP contribution is -2.23. The maximum atomic E-state index is 8.71. The predicted molar refractivity (Wildman–Crippen MR) is 63.2 cm³/mol. The summed E-state index contributed by atoms with van der Waals surface area (Å²) in [5, 5.41) is 17.4. The molecule has 2 N–H and O–H groups in total. The highest BCUT2D eigenvalue weighted by Gasteiger charge is 2.04. The second kappa shape index (κ2) is 12.9. The highest BCUT2D eigenvalue weighted by atomic mass is 16.7. The number of aliphatic hydroxyl groups is 2. The molecule has 0 saturated heterocycles.